The summed E-state index contributed by atoms with van der Waals surface area (Å²) in [6.07, 6.45) is 0.709. The molecule has 0 aliphatic carbocycles. The van der Waals surface area contributed by atoms with Crippen LogP contribution in [0.15, 0.2) is 77.7 Å². The van der Waals surface area contributed by atoms with Gasteiger partial charge in [-0.2, -0.15) is 0 Å². The lowest BCUT2D eigenvalue weighted by molar-refractivity contribution is -0.139. The maximum Gasteiger partial charge on any atom is 0.264 e. The van der Waals surface area contributed by atoms with Crippen molar-refractivity contribution in [1.29, 1.82) is 0 Å². The zero-order chi connectivity index (χ0) is 30.9. The van der Waals surface area contributed by atoms with Gasteiger partial charge in [-0.3, -0.25) is 13.9 Å². The molecular weight excluding hydrogens is 558 g/mol. The van der Waals surface area contributed by atoms with E-state index in [1.165, 1.54) is 44.4 Å². The van der Waals surface area contributed by atoms with Gasteiger partial charge in [-0.1, -0.05) is 37.3 Å². The molecular formula is C31H39N3O7S. The first kappa shape index (κ1) is 32.3. The monoisotopic (exact) mass is 597 g/mol. The third-order valence-corrected chi connectivity index (χ3v) is 8.69. The Morgan fingerprint density at radius 2 is 1.52 bits per heavy atom. The van der Waals surface area contributed by atoms with Crippen molar-refractivity contribution >= 4 is 27.5 Å². The minimum atomic E-state index is -4.26. The Morgan fingerprint density at radius 3 is 2.14 bits per heavy atom. The Hall–Kier alpha value is -4.25. The summed E-state index contributed by atoms with van der Waals surface area (Å²) in [6.45, 7) is 4.88. The van der Waals surface area contributed by atoms with Gasteiger partial charge in [0, 0.05) is 18.7 Å². The Balaban J connectivity index is 2.11. The van der Waals surface area contributed by atoms with E-state index >= 15 is 0 Å². The molecule has 0 bridgehead atoms. The second kappa shape index (κ2) is 14.6. The number of nitrogens with one attached hydrogen (secondary N) is 1. The smallest absolute Gasteiger partial charge is 0.264 e. The summed E-state index contributed by atoms with van der Waals surface area (Å²) in [5.74, 6) is 0.253. The maximum atomic E-state index is 14.2. The molecule has 0 heterocycles. The standard InChI is InChI=1S/C31H39N3O7S/c1-7-22(2)32-31(36)23(3)33(20-24-12-11-13-25(18-24)39-4)30(35)21-34(42(37,38)27-14-9-8-10-15-27)28-19-26(40-5)16-17-29(28)41-6/h8-19,22-23H,7,20-21H2,1-6H3,(H,32,36)/t22-,23-/m0/s1. The molecule has 0 radical (unpaired) electrons. The lowest BCUT2D eigenvalue weighted by atomic mass is 10.1. The van der Waals surface area contributed by atoms with E-state index in [1.54, 1.807) is 55.5 Å². The van der Waals surface area contributed by atoms with Crippen LogP contribution in [0.4, 0.5) is 5.69 Å². The summed E-state index contributed by atoms with van der Waals surface area (Å²) < 4.78 is 45.3. The fourth-order valence-corrected chi connectivity index (χ4v) is 5.68. The van der Waals surface area contributed by atoms with Gasteiger partial charge in [0.15, 0.2) is 0 Å². The van der Waals surface area contributed by atoms with Crippen LogP contribution in [0.2, 0.25) is 0 Å². The van der Waals surface area contributed by atoms with Crippen LogP contribution in [0.5, 0.6) is 17.2 Å². The van der Waals surface area contributed by atoms with Crippen molar-refractivity contribution in [2.75, 3.05) is 32.2 Å². The lowest BCUT2D eigenvalue weighted by Gasteiger charge is -2.33. The summed E-state index contributed by atoms with van der Waals surface area (Å²) in [5.41, 5.74) is 0.828. The molecule has 0 spiro atoms. The van der Waals surface area contributed by atoms with Crippen LogP contribution in [0.1, 0.15) is 32.8 Å². The SMILES string of the molecule is CC[C@H](C)NC(=O)[C@H](C)N(Cc1cccc(OC)c1)C(=O)CN(c1cc(OC)ccc1OC)S(=O)(=O)c1ccccc1. The van der Waals surface area contributed by atoms with Crippen molar-refractivity contribution < 1.29 is 32.2 Å². The van der Waals surface area contributed by atoms with Crippen LogP contribution < -0.4 is 23.8 Å². The summed E-state index contributed by atoms with van der Waals surface area (Å²) >= 11 is 0. The molecule has 42 heavy (non-hydrogen) atoms. The zero-order valence-corrected chi connectivity index (χ0v) is 25.7. The minimum Gasteiger partial charge on any atom is -0.497 e. The second-order valence-electron chi connectivity index (χ2n) is 9.73. The third kappa shape index (κ3) is 7.73. The topological polar surface area (TPSA) is 114 Å². The maximum absolute atomic E-state index is 14.2. The molecule has 226 valence electrons. The van der Waals surface area contributed by atoms with Gasteiger partial charge >= 0.3 is 0 Å². The van der Waals surface area contributed by atoms with E-state index in [4.69, 9.17) is 14.2 Å². The minimum absolute atomic E-state index is 0.00965. The van der Waals surface area contributed by atoms with Gasteiger partial charge in [0.2, 0.25) is 11.8 Å². The highest BCUT2D eigenvalue weighted by Crippen LogP contribution is 2.36. The number of nitrogens with zero attached hydrogens (tertiary/aromatic N) is 2. The summed E-state index contributed by atoms with van der Waals surface area (Å²) in [6, 6.07) is 18.6. The fourth-order valence-electron chi connectivity index (χ4n) is 4.24. The van der Waals surface area contributed by atoms with E-state index in [-0.39, 0.29) is 34.8 Å². The van der Waals surface area contributed by atoms with Crippen LogP contribution in [-0.4, -0.2) is 65.1 Å². The Morgan fingerprint density at radius 1 is 0.857 bits per heavy atom. The Labute approximate surface area is 248 Å². The lowest BCUT2D eigenvalue weighted by Crippen LogP contribution is -2.52. The number of rotatable bonds is 14. The van der Waals surface area contributed by atoms with E-state index in [0.29, 0.717) is 23.5 Å². The normalized spacial score (nSPS) is 12.5. The summed E-state index contributed by atoms with van der Waals surface area (Å²) in [5, 5.41) is 2.92. The molecule has 0 aromatic heterocycles. The van der Waals surface area contributed by atoms with Gasteiger partial charge < -0.3 is 24.4 Å². The van der Waals surface area contributed by atoms with E-state index < -0.39 is 28.5 Å². The first-order valence-electron chi connectivity index (χ1n) is 13.6. The van der Waals surface area contributed by atoms with E-state index in [9.17, 15) is 18.0 Å². The van der Waals surface area contributed by atoms with Crippen molar-refractivity contribution in [3.63, 3.8) is 0 Å². The number of carbonyl (C=O) groups excluding carboxylic acids is 2. The van der Waals surface area contributed by atoms with E-state index in [2.05, 4.69) is 5.32 Å². The molecule has 0 saturated carbocycles. The van der Waals surface area contributed by atoms with Gasteiger partial charge in [-0.15, -0.1) is 0 Å². The Kier molecular flexibility index (Phi) is 11.2. The number of sulfonamides is 1. The number of carbonyl (C=O) groups is 2. The molecule has 2 atom stereocenters. The zero-order valence-electron chi connectivity index (χ0n) is 24.9. The highest BCUT2D eigenvalue weighted by Gasteiger charge is 2.34. The van der Waals surface area contributed by atoms with E-state index in [0.717, 1.165) is 4.31 Å². The highest BCUT2D eigenvalue weighted by atomic mass is 32.2. The van der Waals surface area contributed by atoms with Gasteiger partial charge in [0.05, 0.1) is 31.9 Å². The van der Waals surface area contributed by atoms with Crippen molar-refractivity contribution in [3.8, 4) is 17.2 Å². The van der Waals surface area contributed by atoms with Crippen molar-refractivity contribution in [1.82, 2.24) is 10.2 Å². The molecule has 3 aromatic rings. The predicted octanol–water partition coefficient (Wildman–Crippen LogP) is 4.24. The molecule has 0 aliphatic rings. The van der Waals surface area contributed by atoms with Gasteiger partial charge in [0.1, 0.15) is 29.8 Å². The Bertz CT molecular complexity index is 1460. The molecule has 3 rings (SSSR count). The average molecular weight is 598 g/mol. The number of benzene rings is 3. The van der Waals surface area contributed by atoms with E-state index in [1.807, 2.05) is 19.9 Å². The number of methoxy groups -OCH3 is 3. The number of hydrogen-bond donors (Lipinski definition) is 1. The molecule has 1 N–H and O–H groups in total. The molecule has 0 saturated heterocycles. The second-order valence-corrected chi connectivity index (χ2v) is 11.6. The first-order valence-corrected chi connectivity index (χ1v) is 15.0. The summed E-state index contributed by atoms with van der Waals surface area (Å²) in [7, 11) is 0.149. The van der Waals surface area contributed by atoms with Crippen LogP contribution in [0.25, 0.3) is 0 Å². The van der Waals surface area contributed by atoms with Crippen molar-refractivity contribution in [3.05, 3.63) is 78.4 Å². The van der Waals surface area contributed by atoms with Gasteiger partial charge in [-0.25, -0.2) is 8.42 Å². The number of hydrogen-bond acceptors (Lipinski definition) is 7. The number of ether oxygens (including phenoxy) is 3. The molecule has 11 heteroatoms. The number of anilines is 1. The summed E-state index contributed by atoms with van der Waals surface area (Å²) in [4.78, 5) is 28.7. The quantitative estimate of drug-likeness (QED) is 0.296. The largest absolute Gasteiger partial charge is 0.497 e. The van der Waals surface area contributed by atoms with Gasteiger partial charge in [-0.05, 0) is 62.2 Å². The fraction of sp³-hybridized carbons (Fsp3) is 0.355. The highest BCUT2D eigenvalue weighted by molar-refractivity contribution is 7.92. The van der Waals surface area contributed by atoms with Gasteiger partial charge in [0.25, 0.3) is 10.0 Å². The molecule has 3 aromatic carbocycles. The molecule has 2 amide bonds. The van der Waals surface area contributed by atoms with Crippen LogP contribution >= 0.6 is 0 Å². The molecule has 10 nitrogen and oxygen atoms in total. The third-order valence-electron chi connectivity index (χ3n) is 6.92. The molecule has 0 unspecified atom stereocenters. The van der Waals surface area contributed by atoms with Crippen LogP contribution in [0.3, 0.4) is 0 Å². The average Bonchev–Trinajstić information content (AvgIpc) is 3.01. The first-order chi connectivity index (χ1) is 20.0. The predicted molar refractivity (Wildman–Crippen MR) is 161 cm³/mol. The molecule has 0 aliphatic heterocycles. The van der Waals surface area contributed by atoms with Crippen LogP contribution in [0, 0.1) is 0 Å². The number of amides is 2. The molecule has 0 fully saturated rings. The van der Waals surface area contributed by atoms with Crippen LogP contribution in [-0.2, 0) is 26.2 Å². The van der Waals surface area contributed by atoms with Crippen molar-refractivity contribution in [2.24, 2.45) is 0 Å². The van der Waals surface area contributed by atoms with Crippen molar-refractivity contribution in [2.45, 2.75) is 50.7 Å².